The molecule has 1 saturated heterocycles. The van der Waals surface area contributed by atoms with Crippen molar-refractivity contribution in [3.05, 3.63) is 30.6 Å². The van der Waals surface area contributed by atoms with Crippen molar-refractivity contribution in [1.82, 2.24) is 14.9 Å². The van der Waals surface area contributed by atoms with E-state index in [0.717, 1.165) is 55.6 Å². The zero-order valence-electron chi connectivity index (χ0n) is 12.8. The molecule has 0 unspecified atom stereocenters. The van der Waals surface area contributed by atoms with Crippen LogP contribution in [0.1, 0.15) is 32.1 Å². The van der Waals surface area contributed by atoms with E-state index in [9.17, 15) is 4.79 Å². The Labute approximate surface area is 130 Å². The van der Waals surface area contributed by atoms with E-state index in [-0.39, 0.29) is 5.91 Å². The molecule has 0 spiro atoms. The third kappa shape index (κ3) is 3.53. The Bertz CT molecular complexity index is 632. The Hall–Kier alpha value is -2.17. The fourth-order valence-corrected chi connectivity index (χ4v) is 2.89. The van der Waals surface area contributed by atoms with E-state index in [1.165, 1.54) is 6.42 Å². The highest BCUT2D eigenvalue weighted by molar-refractivity contribution is 5.88. The van der Waals surface area contributed by atoms with Gasteiger partial charge in [0.05, 0.1) is 5.52 Å². The van der Waals surface area contributed by atoms with Crippen LogP contribution in [0.25, 0.3) is 10.9 Å². The van der Waals surface area contributed by atoms with Crippen molar-refractivity contribution in [3.8, 4) is 0 Å². The van der Waals surface area contributed by atoms with Crippen LogP contribution in [0, 0.1) is 0 Å². The lowest BCUT2D eigenvalue weighted by Crippen LogP contribution is -2.35. The molecule has 1 N–H and O–H groups in total. The minimum atomic E-state index is 0.286. The monoisotopic (exact) mass is 298 g/mol. The van der Waals surface area contributed by atoms with Crippen LogP contribution in [0.3, 0.4) is 0 Å². The number of nitrogens with one attached hydrogen (secondary N) is 1. The van der Waals surface area contributed by atoms with Gasteiger partial charge < -0.3 is 10.2 Å². The van der Waals surface area contributed by atoms with Crippen molar-refractivity contribution < 1.29 is 4.79 Å². The van der Waals surface area contributed by atoms with Crippen molar-refractivity contribution in [3.63, 3.8) is 0 Å². The number of hydrogen-bond donors (Lipinski definition) is 1. The van der Waals surface area contributed by atoms with Gasteiger partial charge in [0.1, 0.15) is 12.1 Å². The molecule has 5 nitrogen and oxygen atoms in total. The maximum absolute atomic E-state index is 12.1. The second kappa shape index (κ2) is 7.20. The molecule has 2 heterocycles. The number of likely N-dealkylation sites (tertiary alicyclic amines) is 1. The van der Waals surface area contributed by atoms with E-state index in [1.807, 2.05) is 29.2 Å². The predicted molar refractivity (Wildman–Crippen MR) is 87.7 cm³/mol. The smallest absolute Gasteiger partial charge is 0.222 e. The molecule has 1 fully saturated rings. The summed E-state index contributed by atoms with van der Waals surface area (Å²) in [5.74, 6) is 1.13. The minimum Gasteiger partial charge on any atom is -0.369 e. The molecule has 1 amide bonds. The van der Waals surface area contributed by atoms with E-state index < -0.39 is 0 Å². The second-order valence-corrected chi connectivity index (χ2v) is 5.71. The van der Waals surface area contributed by atoms with Gasteiger partial charge in [-0.3, -0.25) is 4.79 Å². The Kier molecular flexibility index (Phi) is 4.83. The first-order valence-corrected chi connectivity index (χ1v) is 8.06. The third-order valence-electron chi connectivity index (χ3n) is 4.11. The van der Waals surface area contributed by atoms with Crippen LogP contribution in [-0.4, -0.2) is 40.4 Å². The molecule has 22 heavy (non-hydrogen) atoms. The number of para-hydroxylation sites is 1. The van der Waals surface area contributed by atoms with E-state index >= 15 is 0 Å². The number of anilines is 1. The van der Waals surface area contributed by atoms with Crippen LogP contribution >= 0.6 is 0 Å². The topological polar surface area (TPSA) is 58.1 Å². The van der Waals surface area contributed by atoms with Crippen LogP contribution in [0.5, 0.6) is 0 Å². The number of nitrogens with zero attached hydrogens (tertiary/aromatic N) is 3. The molecule has 0 saturated carbocycles. The number of hydrogen-bond acceptors (Lipinski definition) is 4. The van der Waals surface area contributed by atoms with E-state index in [1.54, 1.807) is 6.33 Å². The van der Waals surface area contributed by atoms with Gasteiger partial charge in [0.2, 0.25) is 5.91 Å². The summed E-state index contributed by atoms with van der Waals surface area (Å²) in [7, 11) is 0. The molecule has 1 aliphatic heterocycles. The molecule has 0 radical (unpaired) electrons. The van der Waals surface area contributed by atoms with Gasteiger partial charge in [0, 0.05) is 31.4 Å². The van der Waals surface area contributed by atoms with Crippen molar-refractivity contribution in [2.75, 3.05) is 25.0 Å². The number of aromatic nitrogens is 2. The van der Waals surface area contributed by atoms with Gasteiger partial charge in [-0.1, -0.05) is 12.1 Å². The van der Waals surface area contributed by atoms with Crippen molar-refractivity contribution in [2.45, 2.75) is 32.1 Å². The second-order valence-electron chi connectivity index (χ2n) is 5.71. The van der Waals surface area contributed by atoms with Gasteiger partial charge in [-0.2, -0.15) is 0 Å². The van der Waals surface area contributed by atoms with Crippen molar-refractivity contribution in [2.24, 2.45) is 0 Å². The number of fused-ring (bicyclic) bond motifs is 1. The third-order valence-corrected chi connectivity index (χ3v) is 4.11. The molecule has 2 aromatic rings. The quantitative estimate of drug-likeness (QED) is 0.862. The number of carbonyl (C=O) groups is 1. The predicted octanol–water partition coefficient (Wildman–Crippen LogP) is 2.83. The van der Waals surface area contributed by atoms with E-state index in [0.29, 0.717) is 6.42 Å². The molecule has 0 bridgehead atoms. The lowest BCUT2D eigenvalue weighted by atomic mass is 10.1. The average Bonchev–Trinajstić information content (AvgIpc) is 2.59. The lowest BCUT2D eigenvalue weighted by molar-refractivity contribution is -0.132. The normalized spacial score (nSPS) is 15.0. The van der Waals surface area contributed by atoms with Crippen molar-refractivity contribution in [1.29, 1.82) is 0 Å². The summed E-state index contributed by atoms with van der Waals surface area (Å²) in [5.41, 5.74) is 0.935. The zero-order valence-corrected chi connectivity index (χ0v) is 12.8. The molecule has 116 valence electrons. The first kappa shape index (κ1) is 14.8. The highest BCUT2D eigenvalue weighted by atomic mass is 16.2. The first-order valence-electron chi connectivity index (χ1n) is 8.06. The molecule has 1 aromatic carbocycles. The SMILES string of the molecule is O=C(CCCNc1ncnc2ccccc12)N1CCCCC1. The number of piperidine rings is 1. The Balaban J connectivity index is 1.49. The molecule has 0 aliphatic carbocycles. The summed E-state index contributed by atoms with van der Waals surface area (Å²) < 4.78 is 0. The zero-order chi connectivity index (χ0) is 15.2. The fraction of sp³-hybridized carbons (Fsp3) is 0.471. The first-order chi connectivity index (χ1) is 10.8. The number of rotatable bonds is 5. The minimum absolute atomic E-state index is 0.286. The summed E-state index contributed by atoms with van der Waals surface area (Å²) in [6.45, 7) is 2.62. The molecular weight excluding hydrogens is 276 g/mol. The van der Waals surface area contributed by atoms with Crippen LogP contribution in [0.4, 0.5) is 5.82 Å². The fourth-order valence-electron chi connectivity index (χ4n) is 2.89. The Morgan fingerprint density at radius 1 is 1.14 bits per heavy atom. The van der Waals surface area contributed by atoms with Gasteiger partial charge in [0.15, 0.2) is 0 Å². The van der Waals surface area contributed by atoms with Crippen LogP contribution in [0.15, 0.2) is 30.6 Å². The molecule has 1 aliphatic rings. The maximum Gasteiger partial charge on any atom is 0.222 e. The van der Waals surface area contributed by atoms with Gasteiger partial charge in [-0.15, -0.1) is 0 Å². The molecule has 0 atom stereocenters. The Morgan fingerprint density at radius 3 is 2.82 bits per heavy atom. The number of benzene rings is 1. The van der Waals surface area contributed by atoms with Gasteiger partial charge >= 0.3 is 0 Å². The average molecular weight is 298 g/mol. The highest BCUT2D eigenvalue weighted by Gasteiger charge is 2.15. The molecule has 3 rings (SSSR count). The Morgan fingerprint density at radius 2 is 1.95 bits per heavy atom. The van der Waals surface area contributed by atoms with Crippen LogP contribution in [-0.2, 0) is 4.79 Å². The highest BCUT2D eigenvalue weighted by Crippen LogP contribution is 2.18. The maximum atomic E-state index is 12.1. The van der Waals surface area contributed by atoms with E-state index in [2.05, 4.69) is 15.3 Å². The van der Waals surface area contributed by atoms with Gasteiger partial charge in [-0.05, 0) is 37.8 Å². The van der Waals surface area contributed by atoms with Gasteiger partial charge in [-0.25, -0.2) is 9.97 Å². The summed E-state index contributed by atoms with van der Waals surface area (Å²) in [4.78, 5) is 22.6. The largest absolute Gasteiger partial charge is 0.369 e. The molecular formula is C17H22N4O. The lowest BCUT2D eigenvalue weighted by Gasteiger charge is -2.26. The van der Waals surface area contributed by atoms with Crippen LogP contribution < -0.4 is 5.32 Å². The summed E-state index contributed by atoms with van der Waals surface area (Å²) in [6, 6.07) is 7.94. The number of amides is 1. The number of carbonyl (C=O) groups excluding carboxylic acids is 1. The standard InChI is InChI=1S/C17H22N4O/c22-16(21-11-4-1-5-12-21)9-6-10-18-17-14-7-2-3-8-15(14)19-13-20-17/h2-3,7-8,13H,1,4-6,9-12H2,(H,18,19,20). The van der Waals surface area contributed by atoms with E-state index in [4.69, 9.17) is 0 Å². The summed E-state index contributed by atoms with van der Waals surface area (Å²) in [6.07, 6.45) is 6.56. The van der Waals surface area contributed by atoms with Crippen LogP contribution in [0.2, 0.25) is 0 Å². The van der Waals surface area contributed by atoms with Gasteiger partial charge in [0.25, 0.3) is 0 Å². The molecule has 1 aromatic heterocycles. The summed E-state index contributed by atoms with van der Waals surface area (Å²) >= 11 is 0. The summed E-state index contributed by atoms with van der Waals surface area (Å²) in [5, 5.41) is 4.34. The van der Waals surface area contributed by atoms with Crippen molar-refractivity contribution >= 4 is 22.6 Å². The molecule has 5 heteroatoms.